The highest BCUT2D eigenvalue weighted by Gasteiger charge is 2.15. The number of fused-ring (bicyclic) bond motifs is 1. The lowest BCUT2D eigenvalue weighted by atomic mass is 10.1. The Bertz CT molecular complexity index is 591. The average Bonchev–Trinajstić information content (AvgIpc) is 2.78. The van der Waals surface area contributed by atoms with Crippen LogP contribution in [0.1, 0.15) is 25.0 Å². The first-order valence-electron chi connectivity index (χ1n) is 7.64. The van der Waals surface area contributed by atoms with Gasteiger partial charge in [-0.25, -0.2) is 0 Å². The van der Waals surface area contributed by atoms with Gasteiger partial charge in [0.25, 0.3) is 0 Å². The maximum atomic E-state index is 5.68. The second-order valence-electron chi connectivity index (χ2n) is 6.07. The van der Waals surface area contributed by atoms with Crippen molar-refractivity contribution in [3.05, 3.63) is 47.8 Å². The summed E-state index contributed by atoms with van der Waals surface area (Å²) < 4.78 is 7.73. The number of rotatable bonds is 4. The molecule has 0 fully saturated rings. The lowest BCUT2D eigenvalue weighted by Crippen LogP contribution is -2.25. The summed E-state index contributed by atoms with van der Waals surface area (Å²) in [5.41, 5.74) is 3.81. The molecule has 4 heteroatoms. The highest BCUT2D eigenvalue weighted by Crippen LogP contribution is 2.25. The third kappa shape index (κ3) is 3.45. The van der Waals surface area contributed by atoms with Crippen LogP contribution in [0.2, 0.25) is 0 Å². The number of hydrogen-bond acceptors (Lipinski definition) is 3. The van der Waals surface area contributed by atoms with E-state index in [9.17, 15) is 0 Å². The molecule has 1 aromatic heterocycles. The van der Waals surface area contributed by atoms with E-state index in [2.05, 4.69) is 54.3 Å². The topological polar surface area (TPSA) is 30.3 Å². The zero-order chi connectivity index (χ0) is 14.7. The number of nitrogens with zero attached hydrogens (tertiary/aromatic N) is 3. The molecule has 0 amide bonds. The molecule has 0 aliphatic carbocycles. The second kappa shape index (κ2) is 6.31. The van der Waals surface area contributed by atoms with Crippen LogP contribution >= 0.6 is 0 Å². The highest BCUT2D eigenvalue weighted by molar-refractivity contribution is 5.54. The van der Waals surface area contributed by atoms with Crippen LogP contribution in [0.25, 0.3) is 0 Å². The Morgan fingerprint density at radius 1 is 1.29 bits per heavy atom. The Morgan fingerprint density at radius 2 is 2.14 bits per heavy atom. The zero-order valence-corrected chi connectivity index (χ0v) is 12.8. The van der Waals surface area contributed by atoms with Crippen molar-refractivity contribution in [2.75, 3.05) is 18.1 Å². The van der Waals surface area contributed by atoms with Crippen molar-refractivity contribution >= 4 is 5.69 Å². The van der Waals surface area contributed by atoms with Crippen LogP contribution in [0.5, 0.6) is 0 Å². The van der Waals surface area contributed by atoms with Gasteiger partial charge in [0, 0.05) is 42.6 Å². The zero-order valence-electron chi connectivity index (χ0n) is 12.8. The van der Waals surface area contributed by atoms with Crippen molar-refractivity contribution in [1.29, 1.82) is 0 Å². The van der Waals surface area contributed by atoms with E-state index in [0.29, 0.717) is 12.5 Å². The Hall–Kier alpha value is -1.81. The maximum Gasteiger partial charge on any atom is 0.0737 e. The molecule has 0 bridgehead atoms. The number of ether oxygens (including phenoxy) is 1. The second-order valence-corrected chi connectivity index (χ2v) is 6.07. The van der Waals surface area contributed by atoms with Gasteiger partial charge in [-0.05, 0) is 12.0 Å². The van der Waals surface area contributed by atoms with Gasteiger partial charge in [0.2, 0.25) is 0 Å². The number of benzene rings is 1. The minimum absolute atomic E-state index is 0.616. The van der Waals surface area contributed by atoms with E-state index in [1.165, 1.54) is 16.8 Å². The van der Waals surface area contributed by atoms with Crippen molar-refractivity contribution in [3.8, 4) is 0 Å². The molecule has 2 heterocycles. The third-order valence-corrected chi connectivity index (χ3v) is 3.71. The molecule has 0 N–H and O–H groups in total. The molecular weight excluding hydrogens is 262 g/mol. The van der Waals surface area contributed by atoms with E-state index in [-0.39, 0.29) is 0 Å². The van der Waals surface area contributed by atoms with Crippen LogP contribution in [0.3, 0.4) is 0 Å². The molecule has 0 radical (unpaired) electrons. The average molecular weight is 285 g/mol. The molecule has 1 aliphatic heterocycles. The largest absolute Gasteiger partial charge is 0.375 e. The molecule has 1 aromatic carbocycles. The molecule has 2 aromatic rings. The molecule has 21 heavy (non-hydrogen) atoms. The lowest BCUT2D eigenvalue weighted by Gasteiger charge is -2.23. The smallest absolute Gasteiger partial charge is 0.0737 e. The molecule has 112 valence electrons. The van der Waals surface area contributed by atoms with Crippen LogP contribution in [-0.2, 0) is 24.4 Å². The van der Waals surface area contributed by atoms with Crippen LogP contribution in [-0.4, -0.2) is 22.9 Å². The maximum absolute atomic E-state index is 5.68. The summed E-state index contributed by atoms with van der Waals surface area (Å²) in [6.07, 6.45) is 4.14. The summed E-state index contributed by atoms with van der Waals surface area (Å²) in [6, 6.07) is 8.50. The van der Waals surface area contributed by atoms with Gasteiger partial charge in [-0.3, -0.25) is 4.68 Å². The van der Waals surface area contributed by atoms with Gasteiger partial charge in [-0.2, -0.15) is 5.10 Å². The van der Waals surface area contributed by atoms with Gasteiger partial charge in [0.15, 0.2) is 0 Å². The van der Waals surface area contributed by atoms with E-state index < -0.39 is 0 Å². The molecule has 0 atom stereocenters. The quantitative estimate of drug-likeness (QED) is 0.865. The highest BCUT2D eigenvalue weighted by atomic mass is 16.5. The SMILES string of the molecule is CC(C)Cn1cc(CN2CCOCc3ccccc32)cn1. The molecule has 0 saturated carbocycles. The first-order chi connectivity index (χ1) is 10.2. The van der Waals surface area contributed by atoms with Gasteiger partial charge >= 0.3 is 0 Å². The predicted molar refractivity (Wildman–Crippen MR) is 84.2 cm³/mol. The fourth-order valence-electron chi connectivity index (χ4n) is 2.77. The third-order valence-electron chi connectivity index (χ3n) is 3.71. The van der Waals surface area contributed by atoms with Crippen molar-refractivity contribution < 1.29 is 4.74 Å². The van der Waals surface area contributed by atoms with E-state index in [4.69, 9.17) is 4.74 Å². The first-order valence-corrected chi connectivity index (χ1v) is 7.64. The van der Waals surface area contributed by atoms with E-state index in [1.807, 2.05) is 10.9 Å². The lowest BCUT2D eigenvalue weighted by molar-refractivity contribution is 0.132. The van der Waals surface area contributed by atoms with Crippen LogP contribution in [0.4, 0.5) is 5.69 Å². The minimum Gasteiger partial charge on any atom is -0.375 e. The summed E-state index contributed by atoms with van der Waals surface area (Å²) in [4.78, 5) is 2.39. The molecular formula is C17H23N3O. The Kier molecular flexibility index (Phi) is 4.25. The fourth-order valence-corrected chi connectivity index (χ4v) is 2.77. The number of hydrogen-bond donors (Lipinski definition) is 0. The Balaban J connectivity index is 1.76. The van der Waals surface area contributed by atoms with Crippen molar-refractivity contribution in [1.82, 2.24) is 9.78 Å². The minimum atomic E-state index is 0.616. The molecule has 0 saturated heterocycles. The van der Waals surface area contributed by atoms with Gasteiger partial charge < -0.3 is 9.64 Å². The fraction of sp³-hybridized carbons (Fsp3) is 0.471. The first kappa shape index (κ1) is 14.1. The number of anilines is 1. The number of aromatic nitrogens is 2. The van der Waals surface area contributed by atoms with E-state index in [0.717, 1.165) is 26.2 Å². The molecule has 0 spiro atoms. The van der Waals surface area contributed by atoms with E-state index in [1.54, 1.807) is 0 Å². The van der Waals surface area contributed by atoms with Gasteiger partial charge in [0.1, 0.15) is 0 Å². The molecule has 0 unspecified atom stereocenters. The van der Waals surface area contributed by atoms with Gasteiger partial charge in [-0.15, -0.1) is 0 Å². The Morgan fingerprint density at radius 3 is 3.00 bits per heavy atom. The predicted octanol–water partition coefficient (Wildman–Crippen LogP) is 3.08. The van der Waals surface area contributed by atoms with E-state index >= 15 is 0 Å². The summed E-state index contributed by atoms with van der Waals surface area (Å²) in [6.45, 7) is 8.69. The normalized spacial score (nSPS) is 15.1. The summed E-state index contributed by atoms with van der Waals surface area (Å²) >= 11 is 0. The van der Waals surface area contributed by atoms with Gasteiger partial charge in [0.05, 0.1) is 19.4 Å². The summed E-state index contributed by atoms with van der Waals surface area (Å²) in [5, 5.41) is 4.46. The molecule has 4 nitrogen and oxygen atoms in total. The standard InChI is InChI=1S/C17H23N3O/c1-14(2)10-20-12-15(9-18-20)11-19-7-8-21-13-16-5-3-4-6-17(16)19/h3-6,9,12,14H,7-8,10-11,13H2,1-2H3. The summed E-state index contributed by atoms with van der Waals surface area (Å²) in [7, 11) is 0. The monoisotopic (exact) mass is 285 g/mol. The Labute approximate surface area is 126 Å². The number of para-hydroxylation sites is 1. The van der Waals surface area contributed by atoms with Crippen LogP contribution in [0, 0.1) is 5.92 Å². The van der Waals surface area contributed by atoms with Crippen LogP contribution in [0.15, 0.2) is 36.7 Å². The van der Waals surface area contributed by atoms with Crippen LogP contribution < -0.4 is 4.90 Å². The van der Waals surface area contributed by atoms with Crippen molar-refractivity contribution in [3.63, 3.8) is 0 Å². The molecule has 1 aliphatic rings. The molecule has 3 rings (SSSR count). The van der Waals surface area contributed by atoms with Crippen molar-refractivity contribution in [2.24, 2.45) is 5.92 Å². The summed E-state index contributed by atoms with van der Waals surface area (Å²) in [5.74, 6) is 0.616. The van der Waals surface area contributed by atoms with Gasteiger partial charge in [-0.1, -0.05) is 32.0 Å². The van der Waals surface area contributed by atoms with Crippen molar-refractivity contribution in [2.45, 2.75) is 33.5 Å².